The highest BCUT2D eigenvalue weighted by Gasteiger charge is 2.04. The van der Waals surface area contributed by atoms with E-state index in [1.165, 1.54) is 0 Å². The summed E-state index contributed by atoms with van der Waals surface area (Å²) in [6.07, 6.45) is 1.88. The molecule has 4 N–H and O–H groups in total. The zero-order valence-electron chi connectivity index (χ0n) is 10.0. The van der Waals surface area contributed by atoms with Gasteiger partial charge in [0.2, 0.25) is 0 Å². The van der Waals surface area contributed by atoms with Gasteiger partial charge in [0, 0.05) is 25.2 Å². The maximum atomic E-state index is 8.90. The van der Waals surface area contributed by atoms with E-state index in [9.17, 15) is 0 Å². The lowest BCUT2D eigenvalue weighted by molar-refractivity contribution is -0.001000. The van der Waals surface area contributed by atoms with Crippen molar-refractivity contribution in [3.05, 3.63) is 0 Å². The van der Waals surface area contributed by atoms with Crippen LogP contribution >= 0.6 is 0 Å². The van der Waals surface area contributed by atoms with Crippen LogP contribution < -0.4 is 35.4 Å². The van der Waals surface area contributed by atoms with E-state index >= 15 is 0 Å². The van der Waals surface area contributed by atoms with Crippen molar-refractivity contribution in [1.29, 1.82) is 0 Å². The molecule has 0 saturated heterocycles. The number of aliphatic hydroxyl groups excluding tert-OH is 2. The molecular weight excluding hydrogens is 251 g/mol. The van der Waals surface area contributed by atoms with Gasteiger partial charge in [-0.05, 0) is 12.8 Å². The second-order valence-electron chi connectivity index (χ2n) is 3.48. The number of aliphatic hydroxyl groups is 2. The van der Waals surface area contributed by atoms with Crippen molar-refractivity contribution < 1.29 is 35.0 Å². The summed E-state index contributed by atoms with van der Waals surface area (Å²) in [6.45, 7) is 6.13. The third-order valence-corrected chi connectivity index (χ3v) is 2.42. The fourth-order valence-electron chi connectivity index (χ4n) is 1.23. The molecule has 16 heavy (non-hydrogen) atoms. The first-order valence-corrected chi connectivity index (χ1v) is 5.46. The largest absolute Gasteiger partial charge is 1.00 e. The van der Waals surface area contributed by atoms with Crippen molar-refractivity contribution in [1.82, 2.24) is 10.6 Å². The van der Waals surface area contributed by atoms with Crippen LogP contribution in [0.3, 0.4) is 0 Å². The Morgan fingerprint density at radius 1 is 0.812 bits per heavy atom. The molecular formula is C10H24Cl2N2O2-2. The quantitative estimate of drug-likeness (QED) is 0.316. The molecule has 2 atom stereocenters. The molecule has 0 aliphatic heterocycles. The van der Waals surface area contributed by atoms with Crippen LogP contribution in [-0.4, -0.2) is 48.6 Å². The first-order chi connectivity index (χ1) is 6.78. The molecule has 0 saturated carbocycles. The topological polar surface area (TPSA) is 64.5 Å². The summed E-state index contributed by atoms with van der Waals surface area (Å²) in [5, 5.41) is 24.3. The third-order valence-electron chi connectivity index (χ3n) is 2.42. The standard InChI is InChI=1S/C10H24N2O2.2ClH/c1-3-9(7-13)11-5-6-12-10(4-2)8-14;;/h9-14H,3-8H2,1-2H3;2*1H/p-2/t9-,10-;;/m0../s1. The predicted octanol–water partition coefficient (Wildman–Crippen LogP) is -6.28. The molecule has 6 heteroatoms. The minimum absolute atomic E-state index is 0. The lowest BCUT2D eigenvalue weighted by Crippen LogP contribution is -3.00. The first kappa shape index (κ1) is 21.7. The summed E-state index contributed by atoms with van der Waals surface area (Å²) in [4.78, 5) is 0. The van der Waals surface area contributed by atoms with Gasteiger partial charge in [-0.25, -0.2) is 0 Å². The number of hydrogen-bond acceptors (Lipinski definition) is 4. The van der Waals surface area contributed by atoms with E-state index in [1.807, 2.05) is 13.8 Å². The average Bonchev–Trinajstić information content (AvgIpc) is 2.24. The lowest BCUT2D eigenvalue weighted by atomic mass is 10.2. The van der Waals surface area contributed by atoms with E-state index in [4.69, 9.17) is 10.2 Å². The molecule has 4 nitrogen and oxygen atoms in total. The van der Waals surface area contributed by atoms with E-state index in [-0.39, 0.29) is 50.1 Å². The Morgan fingerprint density at radius 3 is 1.31 bits per heavy atom. The molecule has 0 radical (unpaired) electrons. The van der Waals surface area contributed by atoms with E-state index in [1.54, 1.807) is 0 Å². The maximum Gasteiger partial charge on any atom is 0.0584 e. The molecule has 0 aromatic carbocycles. The molecule has 0 unspecified atom stereocenters. The van der Waals surface area contributed by atoms with Crippen LogP contribution in [0, 0.1) is 0 Å². The number of rotatable bonds is 9. The van der Waals surface area contributed by atoms with Crippen molar-refractivity contribution in [2.45, 2.75) is 38.8 Å². The zero-order valence-corrected chi connectivity index (χ0v) is 11.6. The second kappa shape index (κ2) is 15.4. The highest BCUT2D eigenvalue weighted by atomic mass is 35.5. The molecule has 0 aromatic heterocycles. The van der Waals surface area contributed by atoms with Gasteiger partial charge in [0.25, 0.3) is 0 Å². The summed E-state index contributed by atoms with van der Waals surface area (Å²) in [7, 11) is 0. The number of hydrogen-bond donors (Lipinski definition) is 4. The molecule has 0 spiro atoms. The van der Waals surface area contributed by atoms with Gasteiger partial charge in [0.05, 0.1) is 13.2 Å². The van der Waals surface area contributed by atoms with Gasteiger partial charge in [-0.3, -0.25) is 0 Å². The Hall–Kier alpha value is 0.420. The van der Waals surface area contributed by atoms with Crippen molar-refractivity contribution >= 4 is 0 Å². The third kappa shape index (κ3) is 10.9. The van der Waals surface area contributed by atoms with E-state index in [0.717, 1.165) is 25.9 Å². The number of nitrogens with one attached hydrogen (secondary N) is 2. The van der Waals surface area contributed by atoms with Gasteiger partial charge in [0.15, 0.2) is 0 Å². The minimum Gasteiger partial charge on any atom is -1.00 e. The van der Waals surface area contributed by atoms with Gasteiger partial charge < -0.3 is 45.7 Å². The molecule has 0 aliphatic carbocycles. The Kier molecular flexibility index (Phi) is 20.9. The number of halogens is 2. The monoisotopic (exact) mass is 274 g/mol. The summed E-state index contributed by atoms with van der Waals surface area (Å²) in [5.41, 5.74) is 0. The van der Waals surface area contributed by atoms with Crippen LogP contribution in [0.1, 0.15) is 26.7 Å². The minimum atomic E-state index is 0. The van der Waals surface area contributed by atoms with Crippen LogP contribution in [-0.2, 0) is 0 Å². The van der Waals surface area contributed by atoms with Gasteiger partial charge in [-0.2, -0.15) is 0 Å². The summed E-state index contributed by atoms with van der Waals surface area (Å²) >= 11 is 0. The summed E-state index contributed by atoms with van der Waals surface area (Å²) in [6, 6.07) is 0.400. The molecule has 0 aromatic rings. The van der Waals surface area contributed by atoms with Crippen LogP contribution in [0.15, 0.2) is 0 Å². The Bertz CT molecular complexity index is 109. The highest BCUT2D eigenvalue weighted by Crippen LogP contribution is 1.89. The molecule has 0 aliphatic rings. The van der Waals surface area contributed by atoms with Crippen molar-refractivity contribution in [2.75, 3.05) is 26.3 Å². The van der Waals surface area contributed by atoms with Crippen molar-refractivity contribution in [3.8, 4) is 0 Å². The van der Waals surface area contributed by atoms with Gasteiger partial charge >= 0.3 is 0 Å². The summed E-state index contributed by atoms with van der Waals surface area (Å²) in [5.74, 6) is 0. The van der Waals surface area contributed by atoms with Crippen molar-refractivity contribution in [3.63, 3.8) is 0 Å². The van der Waals surface area contributed by atoms with E-state index in [0.29, 0.717) is 0 Å². The van der Waals surface area contributed by atoms with E-state index in [2.05, 4.69) is 10.6 Å². The Balaban J connectivity index is -0.000000845. The fraction of sp³-hybridized carbons (Fsp3) is 1.00. The SMILES string of the molecule is CC[C@@H](CO)NCCN[C@@H](CC)CO.[Cl-].[Cl-]. The molecule has 0 fully saturated rings. The zero-order chi connectivity index (χ0) is 10.8. The van der Waals surface area contributed by atoms with Gasteiger partial charge in [0.1, 0.15) is 0 Å². The van der Waals surface area contributed by atoms with Gasteiger partial charge in [-0.1, -0.05) is 13.8 Å². The van der Waals surface area contributed by atoms with E-state index < -0.39 is 0 Å². The smallest absolute Gasteiger partial charge is 0.0584 e. The Labute approximate surface area is 111 Å². The predicted molar refractivity (Wildman–Crippen MR) is 58.3 cm³/mol. The molecule has 102 valence electrons. The van der Waals surface area contributed by atoms with Crippen molar-refractivity contribution in [2.24, 2.45) is 0 Å². The molecule has 0 rings (SSSR count). The van der Waals surface area contributed by atoms with Crippen LogP contribution in [0.2, 0.25) is 0 Å². The van der Waals surface area contributed by atoms with Gasteiger partial charge in [-0.15, -0.1) is 0 Å². The first-order valence-electron chi connectivity index (χ1n) is 5.46. The maximum absolute atomic E-state index is 8.90. The highest BCUT2D eigenvalue weighted by molar-refractivity contribution is 4.67. The molecule has 0 amide bonds. The Morgan fingerprint density at radius 2 is 1.12 bits per heavy atom. The average molecular weight is 275 g/mol. The summed E-state index contributed by atoms with van der Waals surface area (Å²) < 4.78 is 0. The van der Waals surface area contributed by atoms with Crippen LogP contribution in [0.25, 0.3) is 0 Å². The van der Waals surface area contributed by atoms with Crippen LogP contribution in [0.4, 0.5) is 0 Å². The fourth-order valence-corrected chi connectivity index (χ4v) is 1.23. The molecule has 0 heterocycles. The second-order valence-corrected chi connectivity index (χ2v) is 3.48. The van der Waals surface area contributed by atoms with Crippen LogP contribution in [0.5, 0.6) is 0 Å². The normalized spacial score (nSPS) is 13.5. The molecule has 0 bridgehead atoms. The lowest BCUT2D eigenvalue weighted by Gasteiger charge is -2.17.